The Bertz CT molecular complexity index is 353. The van der Waals surface area contributed by atoms with Crippen molar-refractivity contribution in [2.45, 2.75) is 57.2 Å². The molecular formula is C13H19F5O. The summed E-state index contributed by atoms with van der Waals surface area (Å²) in [6, 6.07) is 0. The van der Waals surface area contributed by atoms with E-state index in [1.54, 1.807) is 0 Å². The van der Waals surface area contributed by atoms with Crippen molar-refractivity contribution >= 4 is 0 Å². The Labute approximate surface area is 109 Å². The molecule has 0 aromatic rings. The van der Waals surface area contributed by atoms with Crippen molar-refractivity contribution in [1.82, 2.24) is 0 Å². The van der Waals surface area contributed by atoms with Gasteiger partial charge in [-0.3, -0.25) is 0 Å². The van der Waals surface area contributed by atoms with Crippen molar-refractivity contribution in [3.8, 4) is 0 Å². The minimum atomic E-state index is -5.28. The monoisotopic (exact) mass is 286 g/mol. The van der Waals surface area contributed by atoms with Gasteiger partial charge >= 0.3 is 6.18 Å². The summed E-state index contributed by atoms with van der Waals surface area (Å²) >= 11 is 0. The average molecular weight is 286 g/mol. The Morgan fingerprint density at radius 2 is 1.37 bits per heavy atom. The summed E-state index contributed by atoms with van der Waals surface area (Å²) in [6.45, 7) is 3.88. The van der Waals surface area contributed by atoms with Crippen LogP contribution in [-0.2, 0) is 0 Å². The predicted molar refractivity (Wildman–Crippen MR) is 59.7 cm³/mol. The summed E-state index contributed by atoms with van der Waals surface area (Å²) in [5.74, 6) is -4.51. The largest absolute Gasteiger partial charge is 0.423 e. The SMILES string of the molecule is CC1CC2CC(F)(F)C(O)(C(F)(F)F)CC2CC1C. The Kier molecular flexibility index (Phi) is 3.40. The second kappa shape index (κ2) is 4.30. The number of fused-ring (bicyclic) bond motifs is 1. The second-order valence-electron chi connectivity index (χ2n) is 6.42. The fourth-order valence-electron chi connectivity index (χ4n) is 3.65. The molecule has 19 heavy (non-hydrogen) atoms. The third-order valence-electron chi connectivity index (χ3n) is 5.14. The lowest BCUT2D eigenvalue weighted by atomic mass is 9.59. The number of aliphatic hydroxyl groups is 1. The first-order chi connectivity index (χ1) is 8.48. The molecule has 1 N–H and O–H groups in total. The van der Waals surface area contributed by atoms with Crippen molar-refractivity contribution in [3.05, 3.63) is 0 Å². The first kappa shape index (κ1) is 15.0. The zero-order valence-electron chi connectivity index (χ0n) is 11.0. The van der Waals surface area contributed by atoms with Crippen molar-refractivity contribution < 1.29 is 27.1 Å². The van der Waals surface area contributed by atoms with Crippen LogP contribution in [-0.4, -0.2) is 22.8 Å². The molecular weight excluding hydrogens is 267 g/mol. The highest BCUT2D eigenvalue weighted by atomic mass is 19.4. The molecule has 0 bridgehead atoms. The van der Waals surface area contributed by atoms with E-state index in [1.807, 2.05) is 13.8 Å². The fourth-order valence-corrected chi connectivity index (χ4v) is 3.65. The first-order valence-electron chi connectivity index (χ1n) is 6.65. The zero-order valence-corrected chi connectivity index (χ0v) is 11.0. The molecule has 2 saturated carbocycles. The van der Waals surface area contributed by atoms with Gasteiger partial charge in [0.1, 0.15) is 0 Å². The van der Waals surface area contributed by atoms with Gasteiger partial charge < -0.3 is 5.11 Å². The van der Waals surface area contributed by atoms with E-state index < -0.39 is 42.4 Å². The molecule has 112 valence electrons. The minimum Gasteiger partial charge on any atom is -0.376 e. The first-order valence-corrected chi connectivity index (χ1v) is 6.65. The number of halogens is 5. The van der Waals surface area contributed by atoms with Crippen LogP contribution in [0.25, 0.3) is 0 Å². The van der Waals surface area contributed by atoms with E-state index in [9.17, 15) is 27.1 Å². The molecule has 0 radical (unpaired) electrons. The number of alkyl halides is 5. The maximum absolute atomic E-state index is 13.8. The molecule has 1 nitrogen and oxygen atoms in total. The van der Waals surface area contributed by atoms with Gasteiger partial charge in [-0.1, -0.05) is 13.8 Å². The highest BCUT2D eigenvalue weighted by Crippen LogP contribution is 2.57. The fraction of sp³-hybridized carbons (Fsp3) is 1.00. The standard InChI is InChI=1S/C13H19F5O/c1-7-3-9-5-11(19,13(16,17)18)12(14,15)6-10(9)4-8(7)2/h7-10,19H,3-6H2,1-2H3. The Balaban J connectivity index is 2.28. The van der Waals surface area contributed by atoms with E-state index in [1.165, 1.54) is 0 Å². The molecule has 0 amide bonds. The van der Waals surface area contributed by atoms with E-state index in [0.717, 1.165) is 0 Å². The maximum Gasteiger partial charge on any atom is 0.423 e. The van der Waals surface area contributed by atoms with Crippen LogP contribution in [0.3, 0.4) is 0 Å². The Morgan fingerprint density at radius 1 is 0.947 bits per heavy atom. The molecule has 0 aromatic heterocycles. The molecule has 5 unspecified atom stereocenters. The lowest BCUT2D eigenvalue weighted by Gasteiger charge is -2.51. The van der Waals surface area contributed by atoms with Crippen molar-refractivity contribution in [2.75, 3.05) is 0 Å². The molecule has 0 spiro atoms. The number of hydrogen-bond donors (Lipinski definition) is 1. The van der Waals surface area contributed by atoms with Crippen LogP contribution in [0.5, 0.6) is 0 Å². The molecule has 6 heteroatoms. The lowest BCUT2D eigenvalue weighted by molar-refractivity contribution is -0.354. The second-order valence-corrected chi connectivity index (χ2v) is 6.42. The summed E-state index contributed by atoms with van der Waals surface area (Å²) < 4.78 is 66.0. The third kappa shape index (κ3) is 2.26. The molecule has 2 rings (SSSR count). The summed E-state index contributed by atoms with van der Waals surface area (Å²) in [6.07, 6.45) is -6.00. The predicted octanol–water partition coefficient (Wildman–Crippen LogP) is 4.01. The van der Waals surface area contributed by atoms with E-state index in [0.29, 0.717) is 12.8 Å². The van der Waals surface area contributed by atoms with Crippen LogP contribution in [0.1, 0.15) is 39.5 Å². The van der Waals surface area contributed by atoms with Crippen LogP contribution in [0.15, 0.2) is 0 Å². The minimum absolute atomic E-state index is 0.213. The van der Waals surface area contributed by atoms with E-state index in [-0.39, 0.29) is 11.8 Å². The van der Waals surface area contributed by atoms with Gasteiger partial charge in [0, 0.05) is 6.42 Å². The summed E-state index contributed by atoms with van der Waals surface area (Å²) in [5.41, 5.74) is -3.86. The van der Waals surface area contributed by atoms with Gasteiger partial charge in [0.25, 0.3) is 5.92 Å². The average Bonchev–Trinajstić information content (AvgIpc) is 2.21. The van der Waals surface area contributed by atoms with E-state index in [2.05, 4.69) is 0 Å². The highest BCUT2D eigenvalue weighted by molar-refractivity contribution is 5.07. The molecule has 0 heterocycles. The van der Waals surface area contributed by atoms with Crippen LogP contribution < -0.4 is 0 Å². The van der Waals surface area contributed by atoms with Gasteiger partial charge in [-0.05, 0) is 42.9 Å². The Morgan fingerprint density at radius 3 is 1.79 bits per heavy atom. The van der Waals surface area contributed by atoms with Crippen molar-refractivity contribution in [3.63, 3.8) is 0 Å². The molecule has 0 aliphatic heterocycles. The topological polar surface area (TPSA) is 20.2 Å². The van der Waals surface area contributed by atoms with Crippen molar-refractivity contribution in [2.24, 2.45) is 23.7 Å². The van der Waals surface area contributed by atoms with Gasteiger partial charge in [-0.2, -0.15) is 13.2 Å². The molecule has 0 aromatic carbocycles. The molecule has 2 fully saturated rings. The molecule has 0 saturated heterocycles. The summed E-state index contributed by atoms with van der Waals surface area (Å²) in [5, 5.41) is 9.55. The third-order valence-corrected chi connectivity index (χ3v) is 5.14. The van der Waals surface area contributed by atoms with Crippen molar-refractivity contribution in [1.29, 1.82) is 0 Å². The van der Waals surface area contributed by atoms with Gasteiger partial charge in [0.15, 0.2) is 0 Å². The van der Waals surface area contributed by atoms with Crippen LogP contribution in [0, 0.1) is 23.7 Å². The van der Waals surface area contributed by atoms with E-state index >= 15 is 0 Å². The highest BCUT2D eigenvalue weighted by Gasteiger charge is 2.72. The quantitative estimate of drug-likeness (QED) is 0.667. The number of rotatable bonds is 0. The maximum atomic E-state index is 13.8. The normalized spacial score (nSPS) is 46.7. The van der Waals surface area contributed by atoms with Gasteiger partial charge in [-0.15, -0.1) is 0 Å². The lowest BCUT2D eigenvalue weighted by Crippen LogP contribution is -2.64. The van der Waals surface area contributed by atoms with Gasteiger partial charge in [-0.25, -0.2) is 8.78 Å². The molecule has 5 atom stereocenters. The van der Waals surface area contributed by atoms with Gasteiger partial charge in [0.05, 0.1) is 0 Å². The van der Waals surface area contributed by atoms with Crippen LogP contribution >= 0.6 is 0 Å². The van der Waals surface area contributed by atoms with E-state index in [4.69, 9.17) is 0 Å². The smallest absolute Gasteiger partial charge is 0.376 e. The number of hydrogen-bond acceptors (Lipinski definition) is 1. The summed E-state index contributed by atoms with van der Waals surface area (Å²) in [4.78, 5) is 0. The molecule has 2 aliphatic carbocycles. The zero-order chi connectivity index (χ0) is 14.6. The Hall–Kier alpha value is -0.390. The van der Waals surface area contributed by atoms with Crippen LogP contribution in [0.4, 0.5) is 22.0 Å². The van der Waals surface area contributed by atoms with Gasteiger partial charge in [0.2, 0.25) is 5.60 Å². The van der Waals surface area contributed by atoms with Crippen LogP contribution in [0.2, 0.25) is 0 Å². The summed E-state index contributed by atoms with van der Waals surface area (Å²) in [7, 11) is 0. The molecule has 2 aliphatic rings.